The molecule has 1 aromatic heterocycles. The highest BCUT2D eigenvalue weighted by molar-refractivity contribution is 8.26. The number of benzene rings is 2. The van der Waals surface area contributed by atoms with Gasteiger partial charge >= 0.3 is 0 Å². The maximum atomic E-state index is 13.0. The molecule has 3 aromatic rings. The molecule has 5 nitrogen and oxygen atoms in total. The number of thiocarbonyl (C=S) groups is 1. The number of para-hydroxylation sites is 1. The van der Waals surface area contributed by atoms with Crippen LogP contribution in [0.3, 0.4) is 0 Å². The molecule has 2 heterocycles. The van der Waals surface area contributed by atoms with Gasteiger partial charge < -0.3 is 4.74 Å². The van der Waals surface area contributed by atoms with Gasteiger partial charge in [-0.25, -0.2) is 4.68 Å². The predicted molar refractivity (Wildman–Crippen MR) is 144 cm³/mol. The van der Waals surface area contributed by atoms with E-state index in [-0.39, 0.29) is 5.91 Å². The van der Waals surface area contributed by atoms with Gasteiger partial charge in [-0.3, -0.25) is 9.69 Å². The third kappa shape index (κ3) is 5.26. The van der Waals surface area contributed by atoms with E-state index in [9.17, 15) is 4.79 Å². The monoisotopic (exact) mass is 491 g/mol. The molecule has 1 aliphatic rings. The summed E-state index contributed by atoms with van der Waals surface area (Å²) >= 11 is 6.81. The smallest absolute Gasteiger partial charge is 0.266 e. The van der Waals surface area contributed by atoms with Crippen molar-refractivity contribution in [1.82, 2.24) is 14.7 Å². The molecule has 1 saturated heterocycles. The maximum absolute atomic E-state index is 13.0. The van der Waals surface area contributed by atoms with Crippen molar-refractivity contribution in [2.24, 2.45) is 0 Å². The minimum atomic E-state index is -0.0360. The highest BCUT2D eigenvalue weighted by atomic mass is 32.2. The molecule has 2 aromatic carbocycles. The average Bonchev–Trinajstić information content (AvgIpc) is 3.37. The zero-order valence-electron chi connectivity index (χ0n) is 19.8. The summed E-state index contributed by atoms with van der Waals surface area (Å²) in [5.74, 6) is 0.854. The second-order valence-corrected chi connectivity index (χ2v) is 9.90. The number of aromatic nitrogens is 2. The van der Waals surface area contributed by atoms with Crippen LogP contribution in [0.15, 0.2) is 59.6 Å². The Hall–Kier alpha value is -2.90. The fourth-order valence-electron chi connectivity index (χ4n) is 3.77. The Morgan fingerprint density at radius 2 is 1.91 bits per heavy atom. The first-order chi connectivity index (χ1) is 16.5. The van der Waals surface area contributed by atoms with Gasteiger partial charge in [0.05, 0.1) is 17.2 Å². The predicted octanol–water partition coefficient (Wildman–Crippen LogP) is 6.64. The first-order valence-corrected chi connectivity index (χ1v) is 12.9. The van der Waals surface area contributed by atoms with E-state index in [4.69, 9.17) is 22.1 Å². The minimum Gasteiger partial charge on any atom is -0.493 e. The van der Waals surface area contributed by atoms with Crippen molar-refractivity contribution < 1.29 is 9.53 Å². The molecule has 176 valence electrons. The molecule has 0 saturated carbocycles. The fourth-order valence-corrected chi connectivity index (χ4v) is 5.07. The lowest BCUT2D eigenvalue weighted by atomic mass is 10.0. The van der Waals surface area contributed by atoms with E-state index in [1.165, 1.54) is 11.8 Å². The third-order valence-corrected chi connectivity index (χ3v) is 6.95. The van der Waals surface area contributed by atoms with Crippen LogP contribution in [0.5, 0.6) is 5.75 Å². The van der Waals surface area contributed by atoms with Crippen LogP contribution in [0.2, 0.25) is 0 Å². The van der Waals surface area contributed by atoms with Gasteiger partial charge in [-0.1, -0.05) is 62.4 Å². The summed E-state index contributed by atoms with van der Waals surface area (Å²) < 4.78 is 8.40. The van der Waals surface area contributed by atoms with Crippen LogP contribution in [-0.2, 0) is 4.79 Å². The minimum absolute atomic E-state index is 0.0360. The van der Waals surface area contributed by atoms with Gasteiger partial charge in [0.15, 0.2) is 0 Å². The van der Waals surface area contributed by atoms with Crippen LogP contribution in [0, 0.1) is 6.92 Å². The van der Waals surface area contributed by atoms with Crippen molar-refractivity contribution in [3.63, 3.8) is 0 Å². The van der Waals surface area contributed by atoms with Crippen molar-refractivity contribution in [3.8, 4) is 22.7 Å². The SMILES string of the molecule is CCCCOc1ccc(-c2nn(-c3ccccc3)cc2C=C2SC(=S)N(CCC)C2=O)cc1C. The second-order valence-electron chi connectivity index (χ2n) is 8.23. The fraction of sp³-hybridized carbons (Fsp3) is 0.296. The Kier molecular flexibility index (Phi) is 7.85. The summed E-state index contributed by atoms with van der Waals surface area (Å²) in [5, 5.41) is 4.90. The van der Waals surface area contributed by atoms with E-state index in [2.05, 4.69) is 19.9 Å². The van der Waals surface area contributed by atoms with Gasteiger partial charge in [0.1, 0.15) is 15.8 Å². The number of hydrogen-bond acceptors (Lipinski definition) is 5. The number of amides is 1. The maximum Gasteiger partial charge on any atom is 0.266 e. The molecule has 0 atom stereocenters. The van der Waals surface area contributed by atoms with Crippen molar-refractivity contribution in [3.05, 3.63) is 70.8 Å². The van der Waals surface area contributed by atoms with Crippen molar-refractivity contribution in [2.45, 2.75) is 40.0 Å². The number of hydrogen-bond donors (Lipinski definition) is 0. The molecule has 0 radical (unpaired) electrons. The quantitative estimate of drug-likeness (QED) is 0.191. The molecule has 7 heteroatoms. The number of nitrogens with zero attached hydrogens (tertiary/aromatic N) is 3. The number of carbonyl (C=O) groups excluding carboxylic acids is 1. The van der Waals surface area contributed by atoms with E-state index >= 15 is 0 Å². The molecular weight excluding hydrogens is 462 g/mol. The van der Waals surface area contributed by atoms with Gasteiger partial charge in [0.25, 0.3) is 5.91 Å². The number of carbonyl (C=O) groups is 1. The Morgan fingerprint density at radius 1 is 1.12 bits per heavy atom. The first-order valence-electron chi connectivity index (χ1n) is 11.7. The number of ether oxygens (including phenoxy) is 1. The summed E-state index contributed by atoms with van der Waals surface area (Å²) in [6.07, 6.45) is 6.88. The van der Waals surface area contributed by atoms with Gasteiger partial charge in [0.2, 0.25) is 0 Å². The van der Waals surface area contributed by atoms with Crippen LogP contribution < -0.4 is 4.74 Å². The van der Waals surface area contributed by atoms with Gasteiger partial charge in [-0.05, 0) is 61.7 Å². The van der Waals surface area contributed by atoms with E-state index in [0.717, 1.165) is 53.1 Å². The topological polar surface area (TPSA) is 47.4 Å². The molecule has 0 N–H and O–H groups in total. The molecule has 1 aliphatic heterocycles. The lowest BCUT2D eigenvalue weighted by Crippen LogP contribution is -2.28. The second kappa shape index (κ2) is 11.0. The van der Waals surface area contributed by atoms with Crippen molar-refractivity contribution in [2.75, 3.05) is 13.2 Å². The Morgan fingerprint density at radius 3 is 2.62 bits per heavy atom. The van der Waals surface area contributed by atoms with Gasteiger partial charge in [-0.15, -0.1) is 0 Å². The van der Waals surface area contributed by atoms with E-state index in [0.29, 0.717) is 22.4 Å². The Balaban J connectivity index is 1.74. The summed E-state index contributed by atoms with van der Waals surface area (Å²) in [6.45, 7) is 7.59. The first kappa shape index (κ1) is 24.2. The standard InChI is InChI=1S/C27H29N3O2S2/c1-4-6-15-32-23-13-12-20(16-19(23)3)25-21(18-30(28-25)22-10-8-7-9-11-22)17-24-26(31)29(14-5-2)27(33)34-24/h7-13,16-18H,4-6,14-15H2,1-3H3. The lowest BCUT2D eigenvalue weighted by molar-refractivity contribution is -0.122. The number of aryl methyl sites for hydroxylation is 1. The van der Waals surface area contributed by atoms with Crippen molar-refractivity contribution >= 4 is 40.3 Å². The average molecular weight is 492 g/mol. The largest absolute Gasteiger partial charge is 0.493 e. The molecule has 0 aliphatic carbocycles. The summed E-state index contributed by atoms with van der Waals surface area (Å²) in [6, 6.07) is 16.1. The molecule has 1 fully saturated rings. The Bertz CT molecular complexity index is 1220. The molecule has 34 heavy (non-hydrogen) atoms. The molecule has 0 unspecified atom stereocenters. The van der Waals surface area contributed by atoms with Crippen molar-refractivity contribution in [1.29, 1.82) is 0 Å². The van der Waals surface area contributed by atoms with Crippen LogP contribution in [-0.4, -0.2) is 38.1 Å². The normalized spacial score (nSPS) is 14.9. The van der Waals surface area contributed by atoms with Gasteiger partial charge in [-0.2, -0.15) is 5.10 Å². The van der Waals surface area contributed by atoms with Crippen LogP contribution in [0.25, 0.3) is 23.0 Å². The van der Waals surface area contributed by atoms with E-state index in [1.54, 1.807) is 4.90 Å². The highest BCUT2D eigenvalue weighted by Gasteiger charge is 2.31. The molecule has 0 spiro atoms. The summed E-state index contributed by atoms with van der Waals surface area (Å²) in [5.41, 5.74) is 4.68. The Labute approximate surface area is 210 Å². The summed E-state index contributed by atoms with van der Waals surface area (Å²) in [7, 11) is 0. The van der Waals surface area contributed by atoms with E-state index < -0.39 is 0 Å². The number of rotatable bonds is 9. The van der Waals surface area contributed by atoms with Crippen LogP contribution >= 0.6 is 24.0 Å². The molecule has 0 bridgehead atoms. The molecule has 1 amide bonds. The van der Waals surface area contributed by atoms with Crippen LogP contribution in [0.4, 0.5) is 0 Å². The molecule has 4 rings (SSSR count). The van der Waals surface area contributed by atoms with E-state index in [1.807, 2.05) is 66.3 Å². The zero-order valence-corrected chi connectivity index (χ0v) is 21.4. The number of thioether (sulfide) groups is 1. The summed E-state index contributed by atoms with van der Waals surface area (Å²) in [4.78, 5) is 15.3. The lowest BCUT2D eigenvalue weighted by Gasteiger charge is -2.12. The number of unbranched alkanes of at least 4 members (excludes halogenated alkanes) is 1. The molecular formula is C27H29N3O2S2. The third-order valence-electron chi connectivity index (χ3n) is 5.57. The highest BCUT2D eigenvalue weighted by Crippen LogP contribution is 2.35. The van der Waals surface area contributed by atoms with Crippen LogP contribution in [0.1, 0.15) is 44.2 Å². The van der Waals surface area contributed by atoms with Gasteiger partial charge in [0, 0.05) is 23.9 Å². The zero-order chi connectivity index (χ0) is 24.1.